The molecule has 4 aliphatic rings. The summed E-state index contributed by atoms with van der Waals surface area (Å²) in [5.74, 6) is -1.11. The van der Waals surface area contributed by atoms with Gasteiger partial charge in [-0.05, 0) is 56.1 Å². The summed E-state index contributed by atoms with van der Waals surface area (Å²) < 4.78 is 14.9. The third-order valence-electron chi connectivity index (χ3n) is 9.02. The van der Waals surface area contributed by atoms with Gasteiger partial charge in [0.15, 0.2) is 11.6 Å². The summed E-state index contributed by atoms with van der Waals surface area (Å²) in [5, 5.41) is 32.0. The molecule has 0 aromatic carbocycles. The quantitative estimate of drug-likeness (QED) is 0.682. The van der Waals surface area contributed by atoms with Crippen LogP contribution in [0.4, 0.5) is 4.39 Å². The summed E-state index contributed by atoms with van der Waals surface area (Å²) >= 11 is 0. The number of hydrogen-bond donors (Lipinski definition) is 3. The largest absolute Gasteiger partial charge is 0.392 e. The Morgan fingerprint density at radius 1 is 1.29 bits per heavy atom. The highest BCUT2D eigenvalue weighted by Gasteiger charge is 2.73. The van der Waals surface area contributed by atoms with Crippen LogP contribution in [0.2, 0.25) is 0 Å². The molecule has 3 N–H and O–H groups in total. The van der Waals surface area contributed by atoms with E-state index in [4.69, 9.17) is 0 Å². The molecule has 0 amide bonds. The van der Waals surface area contributed by atoms with E-state index in [0.29, 0.717) is 19.3 Å². The van der Waals surface area contributed by atoms with Crippen LogP contribution in [0.15, 0.2) is 23.8 Å². The van der Waals surface area contributed by atoms with Gasteiger partial charge in [0.05, 0.1) is 12.8 Å². The van der Waals surface area contributed by atoms with Crippen LogP contribution in [0.5, 0.6) is 0 Å². The van der Waals surface area contributed by atoms with Gasteiger partial charge in [0.2, 0.25) is 0 Å². The molecule has 0 heterocycles. The van der Waals surface area contributed by atoms with Crippen molar-refractivity contribution < 1.29 is 29.3 Å². The number of halogens is 1. The van der Waals surface area contributed by atoms with E-state index in [1.165, 1.54) is 6.08 Å². The first-order valence-electron chi connectivity index (χ1n) is 10.2. The van der Waals surface area contributed by atoms with E-state index >= 15 is 0 Å². The molecule has 0 aliphatic heterocycles. The molecule has 6 heteroatoms. The molecule has 3 saturated carbocycles. The smallest absolute Gasteiger partial charge is 0.190 e. The third-order valence-corrected chi connectivity index (χ3v) is 9.02. The van der Waals surface area contributed by atoms with Crippen LogP contribution in [0.3, 0.4) is 0 Å². The molecule has 7 atom stereocenters. The van der Waals surface area contributed by atoms with Gasteiger partial charge in [-0.15, -0.1) is 0 Å². The van der Waals surface area contributed by atoms with Crippen molar-refractivity contribution >= 4 is 11.6 Å². The molecule has 0 aromatic rings. The zero-order chi connectivity index (χ0) is 20.5. The van der Waals surface area contributed by atoms with E-state index in [1.807, 2.05) is 6.92 Å². The summed E-state index contributed by atoms with van der Waals surface area (Å²) in [5.41, 5.74) is -3.63. The average molecular weight is 392 g/mol. The highest BCUT2D eigenvalue weighted by Crippen LogP contribution is 2.72. The van der Waals surface area contributed by atoms with Crippen LogP contribution in [-0.4, -0.2) is 51.9 Å². The van der Waals surface area contributed by atoms with Gasteiger partial charge < -0.3 is 15.3 Å². The normalized spacial score (nSPS) is 49.9. The molecule has 4 rings (SSSR count). The standard InChI is InChI=1S/C22H29FO5/c1-19-7-5-14(25)9-13(19)3-4-16-15-6-8-22(28,18(27)11-24)20(15,2)10-17(26)21(16,19)12-23/h5,7,9,15-17,24,26,28H,3-4,6,8,10-12H2,1-2H3/t15-,16-,17?,19-,20-,21+,22-/m0/s1. The molecule has 0 bridgehead atoms. The molecule has 0 saturated heterocycles. The van der Waals surface area contributed by atoms with E-state index in [2.05, 4.69) is 0 Å². The van der Waals surface area contributed by atoms with Gasteiger partial charge in [-0.3, -0.25) is 14.0 Å². The molecule has 4 aliphatic carbocycles. The van der Waals surface area contributed by atoms with Crippen molar-refractivity contribution in [3.8, 4) is 0 Å². The Labute approximate surface area is 164 Å². The van der Waals surface area contributed by atoms with Crippen molar-refractivity contribution in [2.75, 3.05) is 13.3 Å². The van der Waals surface area contributed by atoms with Gasteiger partial charge >= 0.3 is 0 Å². The van der Waals surface area contributed by atoms with Crippen molar-refractivity contribution in [2.45, 2.75) is 57.7 Å². The monoisotopic (exact) mass is 392 g/mol. The van der Waals surface area contributed by atoms with Crippen molar-refractivity contribution in [3.05, 3.63) is 23.8 Å². The number of ketones is 2. The summed E-state index contributed by atoms with van der Waals surface area (Å²) in [6.07, 6.45) is 5.80. The number of allylic oxidation sites excluding steroid dienone is 4. The molecule has 3 fully saturated rings. The summed E-state index contributed by atoms with van der Waals surface area (Å²) in [7, 11) is 0. The van der Waals surface area contributed by atoms with Crippen LogP contribution in [0.1, 0.15) is 46.0 Å². The van der Waals surface area contributed by atoms with E-state index in [1.54, 1.807) is 19.1 Å². The zero-order valence-electron chi connectivity index (χ0n) is 16.4. The Hall–Kier alpha value is -1.37. The number of Topliss-reactive ketones (excluding diaryl/α,β-unsaturated/α-hetero) is 1. The van der Waals surface area contributed by atoms with Gasteiger partial charge in [-0.1, -0.05) is 25.5 Å². The molecular weight excluding hydrogens is 363 g/mol. The van der Waals surface area contributed by atoms with E-state index < -0.39 is 47.0 Å². The van der Waals surface area contributed by atoms with Crippen LogP contribution in [-0.2, 0) is 9.59 Å². The minimum atomic E-state index is -1.70. The second-order valence-corrected chi connectivity index (χ2v) is 9.65. The molecule has 28 heavy (non-hydrogen) atoms. The first-order valence-corrected chi connectivity index (χ1v) is 10.2. The number of aliphatic hydroxyl groups excluding tert-OH is 2. The number of carbonyl (C=O) groups is 2. The van der Waals surface area contributed by atoms with Crippen LogP contribution < -0.4 is 0 Å². The average Bonchev–Trinajstić information content (AvgIpc) is 2.93. The van der Waals surface area contributed by atoms with Crippen molar-refractivity contribution in [1.29, 1.82) is 0 Å². The fraction of sp³-hybridized carbons (Fsp3) is 0.727. The highest BCUT2D eigenvalue weighted by atomic mass is 19.1. The van der Waals surface area contributed by atoms with Crippen LogP contribution in [0.25, 0.3) is 0 Å². The lowest BCUT2D eigenvalue weighted by molar-refractivity contribution is -0.216. The van der Waals surface area contributed by atoms with E-state index in [-0.39, 0.29) is 30.5 Å². The molecule has 5 nitrogen and oxygen atoms in total. The Morgan fingerprint density at radius 2 is 2.00 bits per heavy atom. The summed E-state index contributed by atoms with van der Waals surface area (Å²) in [6, 6.07) is 0. The second kappa shape index (κ2) is 6.07. The lowest BCUT2D eigenvalue weighted by Gasteiger charge is -2.65. The highest BCUT2D eigenvalue weighted by molar-refractivity contribution is 6.01. The Morgan fingerprint density at radius 3 is 2.64 bits per heavy atom. The summed E-state index contributed by atoms with van der Waals surface area (Å²) in [4.78, 5) is 24.3. The number of carbonyl (C=O) groups excluding carboxylic acids is 2. The number of aliphatic hydroxyl groups is 3. The minimum Gasteiger partial charge on any atom is -0.392 e. The van der Waals surface area contributed by atoms with Crippen LogP contribution >= 0.6 is 0 Å². The fourth-order valence-corrected chi connectivity index (χ4v) is 7.36. The minimum absolute atomic E-state index is 0.0883. The molecule has 1 unspecified atom stereocenters. The van der Waals surface area contributed by atoms with Gasteiger partial charge in [-0.25, -0.2) is 0 Å². The molecule has 0 radical (unpaired) electrons. The fourth-order valence-electron chi connectivity index (χ4n) is 7.36. The molecule has 0 spiro atoms. The van der Waals surface area contributed by atoms with Gasteiger partial charge in [0.1, 0.15) is 12.2 Å². The number of alkyl halides is 1. The van der Waals surface area contributed by atoms with Crippen molar-refractivity contribution in [3.63, 3.8) is 0 Å². The third kappa shape index (κ3) is 2.06. The SMILES string of the molecule is C[C@]12C=CC(=O)C=C1CC[C@H]1[C@@H]3CC[C@](O)(C(=O)CO)[C@@]3(C)CC(O)[C@@]12CF. The van der Waals surface area contributed by atoms with E-state index in [0.717, 1.165) is 5.57 Å². The predicted molar refractivity (Wildman–Crippen MR) is 100.0 cm³/mol. The predicted octanol–water partition coefficient (Wildman–Crippen LogP) is 1.90. The Balaban J connectivity index is 1.84. The Kier molecular flexibility index (Phi) is 4.32. The van der Waals surface area contributed by atoms with Gasteiger partial charge in [-0.2, -0.15) is 0 Å². The lowest BCUT2D eigenvalue weighted by atomic mass is 9.39. The van der Waals surface area contributed by atoms with E-state index in [9.17, 15) is 29.3 Å². The molecule has 0 aromatic heterocycles. The number of rotatable bonds is 3. The zero-order valence-corrected chi connectivity index (χ0v) is 16.4. The molecule has 154 valence electrons. The van der Waals surface area contributed by atoms with Crippen molar-refractivity contribution in [2.24, 2.45) is 28.1 Å². The van der Waals surface area contributed by atoms with Gasteiger partial charge in [0.25, 0.3) is 0 Å². The maximum absolute atomic E-state index is 14.9. The first kappa shape index (κ1) is 19.9. The Bertz CT molecular complexity index is 790. The first-order chi connectivity index (χ1) is 13.1. The molecular formula is C22H29FO5. The number of fused-ring (bicyclic) bond motifs is 5. The van der Waals surface area contributed by atoms with Crippen molar-refractivity contribution in [1.82, 2.24) is 0 Å². The second-order valence-electron chi connectivity index (χ2n) is 9.65. The maximum Gasteiger partial charge on any atom is 0.190 e. The van der Waals surface area contributed by atoms with Crippen LogP contribution in [0, 0.1) is 28.1 Å². The lowest BCUT2D eigenvalue weighted by Crippen LogP contribution is -2.68. The van der Waals surface area contributed by atoms with Gasteiger partial charge in [0, 0.05) is 16.2 Å². The maximum atomic E-state index is 14.9. The number of hydrogen-bond acceptors (Lipinski definition) is 5. The summed E-state index contributed by atoms with van der Waals surface area (Å²) in [6.45, 7) is 2.23. The topological polar surface area (TPSA) is 94.8 Å².